The molecule has 5 heteroatoms. The van der Waals surface area contributed by atoms with Crippen molar-refractivity contribution in [3.8, 4) is 0 Å². The molecule has 16 heavy (non-hydrogen) atoms. The Balaban J connectivity index is 2.44. The molecule has 2 heterocycles. The zero-order chi connectivity index (χ0) is 11.7. The molecule has 5 nitrogen and oxygen atoms in total. The molecule has 0 saturated carbocycles. The van der Waals surface area contributed by atoms with E-state index in [1.807, 2.05) is 12.1 Å². The monoisotopic (exact) mass is 219 g/mol. The summed E-state index contributed by atoms with van der Waals surface area (Å²) >= 11 is 0. The van der Waals surface area contributed by atoms with Crippen LogP contribution in [0.1, 0.15) is 18.4 Å². The van der Waals surface area contributed by atoms with Gasteiger partial charge in [0, 0.05) is 23.7 Å². The molecule has 0 fully saturated rings. The molecule has 0 aliphatic heterocycles. The number of nitrogens with two attached hydrogens (primary N) is 1. The van der Waals surface area contributed by atoms with Crippen molar-refractivity contribution in [1.82, 2.24) is 9.97 Å². The highest BCUT2D eigenvalue weighted by Crippen LogP contribution is 2.25. The molecule has 0 bridgehead atoms. The third-order valence-electron chi connectivity index (χ3n) is 2.80. The molecule has 0 amide bonds. The van der Waals surface area contributed by atoms with E-state index in [1.54, 1.807) is 19.3 Å². The fraction of sp³-hybridized carbons (Fsp3) is 0.273. The third kappa shape index (κ3) is 1.65. The Morgan fingerprint density at radius 1 is 1.62 bits per heavy atom. The number of H-pyrrole nitrogens is 1. The maximum atomic E-state index is 10.8. The van der Waals surface area contributed by atoms with Crippen molar-refractivity contribution >= 4 is 17.0 Å². The molecule has 2 rings (SSSR count). The van der Waals surface area contributed by atoms with E-state index in [2.05, 4.69) is 9.97 Å². The second-order valence-electron chi connectivity index (χ2n) is 3.80. The van der Waals surface area contributed by atoms with Gasteiger partial charge in [-0.25, -0.2) is 4.98 Å². The summed E-state index contributed by atoms with van der Waals surface area (Å²) in [6.45, 7) is 1.80. The predicted octanol–water partition coefficient (Wildman–Crippen LogP) is 1.08. The highest BCUT2D eigenvalue weighted by molar-refractivity contribution is 5.82. The molecule has 0 aromatic carbocycles. The average molecular weight is 219 g/mol. The summed E-state index contributed by atoms with van der Waals surface area (Å²) in [5.41, 5.74) is 7.25. The Bertz CT molecular complexity index is 521. The predicted molar refractivity (Wildman–Crippen MR) is 60.1 cm³/mol. The zero-order valence-corrected chi connectivity index (χ0v) is 8.84. The molecule has 4 N–H and O–H groups in total. The Kier molecular flexibility index (Phi) is 2.62. The van der Waals surface area contributed by atoms with Gasteiger partial charge >= 0.3 is 5.97 Å². The van der Waals surface area contributed by atoms with Crippen LogP contribution in [0.2, 0.25) is 0 Å². The number of carboxylic acids is 1. The van der Waals surface area contributed by atoms with E-state index in [4.69, 9.17) is 10.8 Å². The normalized spacial score (nSPS) is 14.9. The number of nitrogens with one attached hydrogen (secondary N) is 1. The molecule has 2 aromatic rings. The number of hydrogen-bond acceptors (Lipinski definition) is 3. The lowest BCUT2D eigenvalue weighted by atomic mass is 9.94. The maximum Gasteiger partial charge on any atom is 0.321 e. The largest absolute Gasteiger partial charge is 0.480 e. The summed E-state index contributed by atoms with van der Waals surface area (Å²) in [5, 5.41) is 9.80. The fourth-order valence-corrected chi connectivity index (χ4v) is 1.76. The maximum absolute atomic E-state index is 10.8. The number of nitrogens with zero attached hydrogens (tertiary/aromatic N) is 1. The first-order valence-corrected chi connectivity index (χ1v) is 5.01. The minimum Gasteiger partial charge on any atom is -0.480 e. The van der Waals surface area contributed by atoms with Gasteiger partial charge in [-0.2, -0.15) is 0 Å². The lowest BCUT2D eigenvalue weighted by molar-refractivity contribution is -0.138. The van der Waals surface area contributed by atoms with Crippen LogP contribution in [0.15, 0.2) is 24.5 Å². The van der Waals surface area contributed by atoms with Crippen LogP contribution in [-0.4, -0.2) is 27.1 Å². The Morgan fingerprint density at radius 3 is 3.06 bits per heavy atom. The van der Waals surface area contributed by atoms with E-state index >= 15 is 0 Å². The van der Waals surface area contributed by atoms with E-state index in [0.717, 1.165) is 16.6 Å². The highest BCUT2D eigenvalue weighted by atomic mass is 16.4. The van der Waals surface area contributed by atoms with Crippen LogP contribution >= 0.6 is 0 Å². The zero-order valence-electron chi connectivity index (χ0n) is 8.84. The number of pyridine rings is 1. The van der Waals surface area contributed by atoms with Gasteiger partial charge in [-0.05, 0) is 17.7 Å². The smallest absolute Gasteiger partial charge is 0.321 e. The van der Waals surface area contributed by atoms with Gasteiger partial charge < -0.3 is 15.8 Å². The quantitative estimate of drug-likeness (QED) is 0.720. The number of carbonyl (C=O) groups is 1. The van der Waals surface area contributed by atoms with Gasteiger partial charge in [0.1, 0.15) is 11.7 Å². The SMILES string of the molecule is C[C@@H](c1c[nH]c2ncccc12)[C@H](N)C(=O)O. The first kappa shape index (κ1) is 10.6. The molecule has 0 aliphatic carbocycles. The standard InChI is InChI=1S/C11H13N3O2/c1-6(9(12)11(15)16)8-5-14-10-7(8)3-2-4-13-10/h2-6,9H,12H2,1H3,(H,13,14)(H,15,16)/t6-,9-/m0/s1. The van der Waals surface area contributed by atoms with Gasteiger partial charge in [-0.1, -0.05) is 6.92 Å². The van der Waals surface area contributed by atoms with Crippen molar-refractivity contribution in [3.63, 3.8) is 0 Å². The minimum absolute atomic E-state index is 0.254. The lowest BCUT2D eigenvalue weighted by Crippen LogP contribution is -2.35. The van der Waals surface area contributed by atoms with Crippen LogP contribution in [0.4, 0.5) is 0 Å². The second kappa shape index (κ2) is 3.94. The molecule has 0 spiro atoms. The van der Waals surface area contributed by atoms with E-state index < -0.39 is 12.0 Å². The topological polar surface area (TPSA) is 92.0 Å². The van der Waals surface area contributed by atoms with Gasteiger partial charge in [-0.15, -0.1) is 0 Å². The highest BCUT2D eigenvalue weighted by Gasteiger charge is 2.23. The molecule has 84 valence electrons. The molecule has 0 radical (unpaired) electrons. The van der Waals surface area contributed by atoms with Crippen LogP contribution in [0.5, 0.6) is 0 Å². The number of aromatic amines is 1. The van der Waals surface area contributed by atoms with E-state index in [0.29, 0.717) is 0 Å². The summed E-state index contributed by atoms with van der Waals surface area (Å²) in [4.78, 5) is 18.0. The van der Waals surface area contributed by atoms with Gasteiger partial charge in [0.15, 0.2) is 0 Å². The van der Waals surface area contributed by atoms with Gasteiger partial charge in [-0.3, -0.25) is 4.79 Å². The van der Waals surface area contributed by atoms with Crippen LogP contribution in [0, 0.1) is 0 Å². The summed E-state index contributed by atoms with van der Waals surface area (Å²) in [7, 11) is 0. The number of rotatable bonds is 3. The summed E-state index contributed by atoms with van der Waals surface area (Å²) in [6.07, 6.45) is 3.45. The van der Waals surface area contributed by atoms with Crippen molar-refractivity contribution in [1.29, 1.82) is 0 Å². The molecule has 0 saturated heterocycles. The van der Waals surface area contributed by atoms with E-state index in [1.165, 1.54) is 0 Å². The van der Waals surface area contributed by atoms with E-state index in [9.17, 15) is 4.79 Å². The fourth-order valence-electron chi connectivity index (χ4n) is 1.76. The van der Waals surface area contributed by atoms with Crippen LogP contribution in [0.3, 0.4) is 0 Å². The van der Waals surface area contributed by atoms with Gasteiger partial charge in [0.25, 0.3) is 0 Å². The van der Waals surface area contributed by atoms with Crippen molar-refractivity contribution in [2.24, 2.45) is 5.73 Å². The number of carboxylic acid groups (broad SMARTS) is 1. The Hall–Kier alpha value is -1.88. The van der Waals surface area contributed by atoms with Crippen LogP contribution in [-0.2, 0) is 4.79 Å². The van der Waals surface area contributed by atoms with E-state index in [-0.39, 0.29) is 5.92 Å². The summed E-state index contributed by atoms with van der Waals surface area (Å²) < 4.78 is 0. The molecule has 2 atom stereocenters. The molecule has 0 aliphatic rings. The first-order valence-electron chi connectivity index (χ1n) is 5.01. The number of fused-ring (bicyclic) bond motifs is 1. The van der Waals surface area contributed by atoms with Crippen molar-refractivity contribution in [2.75, 3.05) is 0 Å². The molecule has 2 aromatic heterocycles. The Morgan fingerprint density at radius 2 is 2.38 bits per heavy atom. The number of hydrogen-bond donors (Lipinski definition) is 3. The van der Waals surface area contributed by atoms with Crippen molar-refractivity contribution in [2.45, 2.75) is 18.9 Å². The minimum atomic E-state index is -0.995. The molecular weight excluding hydrogens is 206 g/mol. The number of aromatic nitrogens is 2. The first-order chi connectivity index (χ1) is 7.61. The Labute approximate surface area is 92.3 Å². The van der Waals surface area contributed by atoms with Crippen molar-refractivity contribution < 1.29 is 9.90 Å². The molecule has 0 unspecified atom stereocenters. The number of aliphatic carboxylic acids is 1. The van der Waals surface area contributed by atoms with Crippen LogP contribution < -0.4 is 5.73 Å². The van der Waals surface area contributed by atoms with Crippen LogP contribution in [0.25, 0.3) is 11.0 Å². The van der Waals surface area contributed by atoms with Gasteiger partial charge in [0.2, 0.25) is 0 Å². The average Bonchev–Trinajstić information content (AvgIpc) is 2.70. The van der Waals surface area contributed by atoms with Crippen molar-refractivity contribution in [3.05, 3.63) is 30.1 Å². The summed E-state index contributed by atoms with van der Waals surface area (Å²) in [6, 6.07) is 2.82. The lowest BCUT2D eigenvalue weighted by Gasteiger charge is -2.14. The summed E-state index contributed by atoms with van der Waals surface area (Å²) in [5.74, 6) is -1.25. The second-order valence-corrected chi connectivity index (χ2v) is 3.80. The van der Waals surface area contributed by atoms with Gasteiger partial charge in [0.05, 0.1) is 0 Å². The third-order valence-corrected chi connectivity index (χ3v) is 2.80. The molecular formula is C11H13N3O2.